The number of hydrogen-bond donors (Lipinski definition) is 0. The van der Waals surface area contributed by atoms with E-state index >= 15 is 0 Å². The molecule has 84 valence electrons. The van der Waals surface area contributed by atoms with Crippen molar-refractivity contribution in [1.82, 2.24) is 4.98 Å². The van der Waals surface area contributed by atoms with Crippen molar-refractivity contribution in [3.63, 3.8) is 0 Å². The highest BCUT2D eigenvalue weighted by Crippen LogP contribution is 2.23. The molecule has 0 N–H and O–H groups in total. The van der Waals surface area contributed by atoms with Gasteiger partial charge in [0.25, 0.3) is 0 Å². The van der Waals surface area contributed by atoms with E-state index in [9.17, 15) is 0 Å². The highest BCUT2D eigenvalue weighted by molar-refractivity contribution is 5.58. The molecule has 2 heteroatoms. The molecule has 0 saturated carbocycles. The maximum atomic E-state index is 5.21. The van der Waals surface area contributed by atoms with Crippen LogP contribution in [0.2, 0.25) is 0 Å². The minimum absolute atomic E-state index is 0.619. The molecular weight excluding hydrogens is 198 g/mol. The third kappa shape index (κ3) is 2.16. The molecule has 0 amide bonds. The van der Waals surface area contributed by atoms with Crippen LogP contribution in [0.25, 0.3) is 11.3 Å². The maximum Gasteiger partial charge on any atom is 0.191 e. The minimum atomic E-state index is 0.619. The van der Waals surface area contributed by atoms with E-state index in [1.807, 2.05) is 6.92 Å². The van der Waals surface area contributed by atoms with Gasteiger partial charge < -0.3 is 4.42 Å². The van der Waals surface area contributed by atoms with E-state index in [4.69, 9.17) is 4.42 Å². The number of aromatic nitrogens is 1. The van der Waals surface area contributed by atoms with Crippen LogP contribution >= 0.6 is 0 Å². The summed E-state index contributed by atoms with van der Waals surface area (Å²) in [6.07, 6.45) is 2.87. The number of benzene rings is 1. The minimum Gasteiger partial charge on any atom is -0.449 e. The first-order valence-electron chi connectivity index (χ1n) is 5.73. The molecule has 1 heterocycles. The Kier molecular flexibility index (Phi) is 3.09. The Hall–Kier alpha value is -1.57. The summed E-state index contributed by atoms with van der Waals surface area (Å²) in [6.45, 7) is 6.31. The van der Waals surface area contributed by atoms with Crippen LogP contribution in [-0.2, 0) is 0 Å². The van der Waals surface area contributed by atoms with Gasteiger partial charge in [-0.3, -0.25) is 0 Å². The predicted octanol–water partition coefficient (Wildman–Crippen LogP) is 4.16. The lowest BCUT2D eigenvalue weighted by Gasteiger charge is -2.08. The topological polar surface area (TPSA) is 26.0 Å². The van der Waals surface area contributed by atoms with Gasteiger partial charge in [0.05, 0.1) is 0 Å². The van der Waals surface area contributed by atoms with Gasteiger partial charge in [-0.05, 0) is 17.9 Å². The molecule has 0 bridgehead atoms. The zero-order valence-electron chi connectivity index (χ0n) is 10.0. The van der Waals surface area contributed by atoms with Crippen LogP contribution in [0.5, 0.6) is 0 Å². The molecule has 0 spiro atoms. The molecule has 0 saturated heterocycles. The van der Waals surface area contributed by atoms with Gasteiger partial charge in [0, 0.05) is 12.5 Å². The molecule has 2 nitrogen and oxygen atoms in total. The summed E-state index contributed by atoms with van der Waals surface area (Å²) in [7, 11) is 0. The monoisotopic (exact) mass is 215 g/mol. The Morgan fingerprint density at radius 1 is 1.25 bits per heavy atom. The molecule has 1 unspecified atom stereocenters. The fourth-order valence-electron chi connectivity index (χ4n) is 1.71. The van der Waals surface area contributed by atoms with Crippen LogP contribution in [0.15, 0.2) is 34.9 Å². The Labute approximate surface area is 96.3 Å². The molecule has 1 aromatic carbocycles. The predicted molar refractivity (Wildman–Crippen MR) is 65.4 cm³/mol. The van der Waals surface area contributed by atoms with Crippen molar-refractivity contribution in [1.29, 1.82) is 0 Å². The summed E-state index contributed by atoms with van der Waals surface area (Å²) in [5, 5.41) is 0. The van der Waals surface area contributed by atoms with Crippen molar-refractivity contribution in [3.8, 4) is 11.3 Å². The fourth-order valence-corrected chi connectivity index (χ4v) is 1.71. The number of hydrogen-bond acceptors (Lipinski definition) is 2. The van der Waals surface area contributed by atoms with Crippen molar-refractivity contribution in [2.24, 2.45) is 0 Å². The van der Waals surface area contributed by atoms with Crippen molar-refractivity contribution >= 4 is 0 Å². The fraction of sp³-hybridized carbons (Fsp3) is 0.357. The lowest BCUT2D eigenvalue weighted by atomic mass is 9.97. The standard InChI is InChI=1S/C14H17NO/c1-4-10(2)12-5-7-13(8-6-12)14-9-16-11(3)15-14/h5-10H,4H2,1-3H3. The maximum absolute atomic E-state index is 5.21. The van der Waals surface area contributed by atoms with Crippen molar-refractivity contribution in [3.05, 3.63) is 42.0 Å². The quantitative estimate of drug-likeness (QED) is 0.768. The van der Waals surface area contributed by atoms with E-state index in [1.165, 1.54) is 12.0 Å². The lowest BCUT2D eigenvalue weighted by Crippen LogP contribution is -1.90. The molecule has 0 aliphatic heterocycles. The van der Waals surface area contributed by atoms with Crippen molar-refractivity contribution < 1.29 is 4.42 Å². The number of aryl methyl sites for hydroxylation is 1. The molecule has 0 radical (unpaired) electrons. The molecule has 0 aliphatic carbocycles. The smallest absolute Gasteiger partial charge is 0.191 e. The molecule has 16 heavy (non-hydrogen) atoms. The Morgan fingerprint density at radius 2 is 1.94 bits per heavy atom. The van der Waals surface area contributed by atoms with E-state index < -0.39 is 0 Å². The Bertz CT molecular complexity index is 456. The highest BCUT2D eigenvalue weighted by atomic mass is 16.3. The summed E-state index contributed by atoms with van der Waals surface area (Å²) < 4.78 is 5.21. The van der Waals surface area contributed by atoms with Gasteiger partial charge in [0.1, 0.15) is 12.0 Å². The average Bonchev–Trinajstić information content (AvgIpc) is 2.75. The molecule has 0 aliphatic rings. The van der Waals surface area contributed by atoms with Gasteiger partial charge in [-0.15, -0.1) is 0 Å². The van der Waals surface area contributed by atoms with Crippen LogP contribution in [-0.4, -0.2) is 4.98 Å². The van der Waals surface area contributed by atoms with Crippen molar-refractivity contribution in [2.45, 2.75) is 33.1 Å². The van der Waals surface area contributed by atoms with Crippen LogP contribution < -0.4 is 0 Å². The van der Waals surface area contributed by atoms with E-state index in [1.54, 1.807) is 6.26 Å². The van der Waals surface area contributed by atoms with Gasteiger partial charge in [0.2, 0.25) is 0 Å². The molecular formula is C14H17NO. The lowest BCUT2D eigenvalue weighted by molar-refractivity contribution is 0.521. The van der Waals surface area contributed by atoms with Gasteiger partial charge in [-0.25, -0.2) is 4.98 Å². The normalized spacial score (nSPS) is 12.7. The SMILES string of the molecule is CCC(C)c1ccc(-c2coc(C)n2)cc1. The summed E-state index contributed by atoms with van der Waals surface area (Å²) >= 11 is 0. The van der Waals surface area contributed by atoms with Gasteiger partial charge >= 0.3 is 0 Å². The number of oxazole rings is 1. The second-order valence-electron chi connectivity index (χ2n) is 4.18. The van der Waals surface area contributed by atoms with E-state index in [2.05, 4.69) is 43.1 Å². The van der Waals surface area contributed by atoms with Gasteiger partial charge in [-0.1, -0.05) is 38.1 Å². The third-order valence-electron chi connectivity index (χ3n) is 3.01. The first-order valence-corrected chi connectivity index (χ1v) is 5.73. The van der Waals surface area contributed by atoms with E-state index in [0.29, 0.717) is 11.8 Å². The summed E-state index contributed by atoms with van der Waals surface area (Å²) in [5.74, 6) is 1.33. The molecule has 2 rings (SSSR count). The number of nitrogens with zero attached hydrogens (tertiary/aromatic N) is 1. The zero-order valence-corrected chi connectivity index (χ0v) is 10.0. The largest absolute Gasteiger partial charge is 0.449 e. The first-order chi connectivity index (χ1) is 7.70. The van der Waals surface area contributed by atoms with Gasteiger partial charge in [0.15, 0.2) is 5.89 Å². The van der Waals surface area contributed by atoms with Gasteiger partial charge in [-0.2, -0.15) is 0 Å². The molecule has 1 atom stereocenters. The number of rotatable bonds is 3. The molecule has 1 aromatic heterocycles. The molecule has 0 fully saturated rings. The van der Waals surface area contributed by atoms with Crippen LogP contribution in [0.4, 0.5) is 0 Å². The Morgan fingerprint density at radius 3 is 2.44 bits per heavy atom. The van der Waals surface area contributed by atoms with E-state index in [0.717, 1.165) is 11.3 Å². The summed E-state index contributed by atoms with van der Waals surface area (Å²) in [4.78, 5) is 4.31. The highest BCUT2D eigenvalue weighted by Gasteiger charge is 2.05. The summed E-state index contributed by atoms with van der Waals surface area (Å²) in [6, 6.07) is 8.57. The first kappa shape index (κ1) is 10.9. The Balaban J connectivity index is 2.25. The second kappa shape index (κ2) is 4.52. The zero-order chi connectivity index (χ0) is 11.5. The third-order valence-corrected chi connectivity index (χ3v) is 3.01. The molecule has 2 aromatic rings. The van der Waals surface area contributed by atoms with Crippen LogP contribution in [0.1, 0.15) is 37.6 Å². The summed E-state index contributed by atoms with van der Waals surface area (Å²) in [5.41, 5.74) is 3.41. The average molecular weight is 215 g/mol. The van der Waals surface area contributed by atoms with Crippen LogP contribution in [0, 0.1) is 6.92 Å². The van der Waals surface area contributed by atoms with Crippen molar-refractivity contribution in [2.75, 3.05) is 0 Å². The second-order valence-corrected chi connectivity index (χ2v) is 4.18. The van der Waals surface area contributed by atoms with E-state index in [-0.39, 0.29) is 0 Å². The van der Waals surface area contributed by atoms with Crippen LogP contribution in [0.3, 0.4) is 0 Å².